The van der Waals surface area contributed by atoms with Crippen LogP contribution in [0, 0.1) is 6.92 Å². The van der Waals surface area contributed by atoms with Gasteiger partial charge in [-0.15, -0.1) is 0 Å². The molecule has 0 saturated carbocycles. The van der Waals surface area contributed by atoms with Crippen LogP contribution in [0.2, 0.25) is 0 Å². The Morgan fingerprint density at radius 3 is 2.32 bits per heavy atom. The predicted octanol–water partition coefficient (Wildman–Crippen LogP) is 4.29. The van der Waals surface area contributed by atoms with Gasteiger partial charge in [-0.1, -0.05) is 18.2 Å². The Morgan fingerprint density at radius 1 is 0.919 bits per heavy atom. The highest BCUT2D eigenvalue weighted by atomic mass is 32.2. The Morgan fingerprint density at radius 2 is 1.65 bits per heavy atom. The molecule has 0 aliphatic carbocycles. The first-order valence-corrected chi connectivity index (χ1v) is 13.1. The fraction of sp³-hybridized carbons (Fsp3) is 0.111. The summed E-state index contributed by atoms with van der Waals surface area (Å²) in [6.45, 7) is 1.82. The van der Waals surface area contributed by atoms with E-state index in [-0.39, 0.29) is 0 Å². The van der Waals surface area contributed by atoms with Crippen molar-refractivity contribution in [1.82, 2.24) is 9.55 Å². The second-order valence-electron chi connectivity index (χ2n) is 8.59. The first kappa shape index (κ1) is 24.1. The Kier molecular flexibility index (Phi) is 5.96. The van der Waals surface area contributed by atoms with Crippen LogP contribution in [0.1, 0.15) is 5.76 Å². The molecule has 0 aliphatic heterocycles. The number of furan rings is 1. The number of benzene rings is 3. The van der Waals surface area contributed by atoms with Crippen molar-refractivity contribution in [2.24, 2.45) is 0 Å². The highest BCUT2D eigenvalue weighted by Crippen LogP contribution is 2.42. The minimum atomic E-state index is -3.40. The van der Waals surface area contributed by atoms with Crippen molar-refractivity contribution < 1.29 is 17.6 Å². The molecule has 3 aromatic carbocycles. The van der Waals surface area contributed by atoms with E-state index in [1.807, 2.05) is 37.3 Å². The summed E-state index contributed by atoms with van der Waals surface area (Å²) in [7, 11) is -1.86. The van der Waals surface area contributed by atoms with Gasteiger partial charge >= 0.3 is 5.69 Å². The standard InChI is InChI=1S/C27H23N3O6S/c1-16-4-9-24(36-16)23-15-21(30-25(31)10-11-28-27(30)32)14-22(26(23)35-2)19-6-5-18-13-20(29-37(3,33)34)8-7-17(18)12-19/h4-15,29H,1-3H3,(H,28,32). The molecular weight excluding hydrogens is 494 g/mol. The van der Waals surface area contributed by atoms with Crippen LogP contribution in [-0.4, -0.2) is 31.3 Å². The molecule has 0 amide bonds. The number of aromatic amines is 1. The van der Waals surface area contributed by atoms with Gasteiger partial charge in [0.15, 0.2) is 0 Å². The molecule has 10 heteroatoms. The third kappa shape index (κ3) is 4.78. The SMILES string of the molecule is COc1c(-c2ccc3cc(NS(C)(=O)=O)ccc3c2)cc(-n2c(=O)cc[nH]c2=O)cc1-c1ccc(C)o1. The van der Waals surface area contributed by atoms with Crippen molar-refractivity contribution in [2.75, 3.05) is 18.1 Å². The number of hydrogen-bond donors (Lipinski definition) is 2. The summed E-state index contributed by atoms with van der Waals surface area (Å²) in [6.07, 6.45) is 2.40. The molecule has 2 aromatic heterocycles. The maximum atomic E-state index is 12.6. The summed E-state index contributed by atoms with van der Waals surface area (Å²) in [5.74, 6) is 1.73. The lowest BCUT2D eigenvalue weighted by Crippen LogP contribution is -2.32. The summed E-state index contributed by atoms with van der Waals surface area (Å²) in [6, 6.07) is 19.2. The number of anilines is 1. The topological polar surface area (TPSA) is 123 Å². The molecule has 0 radical (unpaired) electrons. The summed E-state index contributed by atoms with van der Waals surface area (Å²) in [5, 5.41) is 1.68. The number of H-pyrrole nitrogens is 1. The second-order valence-corrected chi connectivity index (χ2v) is 10.3. The summed E-state index contributed by atoms with van der Waals surface area (Å²) >= 11 is 0. The van der Waals surface area contributed by atoms with Crippen LogP contribution < -0.4 is 20.7 Å². The van der Waals surface area contributed by atoms with Crippen molar-refractivity contribution >= 4 is 26.5 Å². The van der Waals surface area contributed by atoms with Gasteiger partial charge in [-0.05, 0) is 65.7 Å². The minimum Gasteiger partial charge on any atom is -0.495 e. The van der Waals surface area contributed by atoms with E-state index in [1.54, 1.807) is 37.4 Å². The Balaban J connectivity index is 1.75. The average Bonchev–Trinajstić information content (AvgIpc) is 3.28. The average molecular weight is 518 g/mol. The molecular formula is C27H23N3O6S. The first-order chi connectivity index (χ1) is 17.6. The fourth-order valence-electron chi connectivity index (χ4n) is 4.30. The number of methoxy groups -OCH3 is 1. The summed E-state index contributed by atoms with van der Waals surface area (Å²) < 4.78 is 38.4. The summed E-state index contributed by atoms with van der Waals surface area (Å²) in [5.41, 5.74) is 1.73. The largest absolute Gasteiger partial charge is 0.495 e. The number of fused-ring (bicyclic) bond motifs is 1. The molecule has 0 unspecified atom stereocenters. The monoisotopic (exact) mass is 517 g/mol. The van der Waals surface area contributed by atoms with E-state index < -0.39 is 21.3 Å². The number of sulfonamides is 1. The number of ether oxygens (including phenoxy) is 1. The van der Waals surface area contributed by atoms with Gasteiger partial charge in [0.05, 0.1) is 24.6 Å². The predicted molar refractivity (Wildman–Crippen MR) is 143 cm³/mol. The van der Waals surface area contributed by atoms with Gasteiger partial charge in [0.1, 0.15) is 17.3 Å². The van der Waals surface area contributed by atoms with Gasteiger partial charge in [-0.25, -0.2) is 17.8 Å². The number of nitrogens with one attached hydrogen (secondary N) is 2. The maximum absolute atomic E-state index is 12.6. The van der Waals surface area contributed by atoms with Crippen molar-refractivity contribution in [3.05, 3.63) is 99.5 Å². The highest BCUT2D eigenvalue weighted by molar-refractivity contribution is 7.92. The smallest absolute Gasteiger partial charge is 0.332 e. The normalized spacial score (nSPS) is 11.5. The van der Waals surface area contributed by atoms with Crippen LogP contribution in [0.3, 0.4) is 0 Å². The molecule has 0 fully saturated rings. The lowest BCUT2D eigenvalue weighted by molar-refractivity contribution is 0.416. The second kappa shape index (κ2) is 9.14. The molecule has 37 heavy (non-hydrogen) atoms. The van der Waals surface area contributed by atoms with Gasteiger partial charge in [-0.2, -0.15) is 0 Å². The van der Waals surface area contributed by atoms with Crippen molar-refractivity contribution in [1.29, 1.82) is 0 Å². The molecule has 0 atom stereocenters. The molecule has 188 valence electrons. The molecule has 2 N–H and O–H groups in total. The molecule has 0 saturated heterocycles. The van der Waals surface area contributed by atoms with Crippen LogP contribution in [0.15, 0.2) is 86.9 Å². The van der Waals surface area contributed by atoms with E-state index in [1.165, 1.54) is 12.3 Å². The first-order valence-electron chi connectivity index (χ1n) is 11.2. The third-order valence-electron chi connectivity index (χ3n) is 5.85. The van der Waals surface area contributed by atoms with Gasteiger partial charge < -0.3 is 14.1 Å². The van der Waals surface area contributed by atoms with Crippen LogP contribution in [0.4, 0.5) is 5.69 Å². The maximum Gasteiger partial charge on any atom is 0.332 e. The van der Waals surface area contributed by atoms with E-state index in [0.717, 1.165) is 27.2 Å². The molecule has 5 aromatic rings. The van der Waals surface area contributed by atoms with Gasteiger partial charge in [0, 0.05) is 23.5 Å². The lowest BCUT2D eigenvalue weighted by atomic mass is 9.96. The van der Waals surface area contributed by atoms with E-state index >= 15 is 0 Å². The molecule has 9 nitrogen and oxygen atoms in total. The fourth-order valence-corrected chi connectivity index (χ4v) is 4.85. The van der Waals surface area contributed by atoms with Crippen LogP contribution in [-0.2, 0) is 10.0 Å². The number of aryl methyl sites for hydroxylation is 1. The summed E-state index contributed by atoms with van der Waals surface area (Å²) in [4.78, 5) is 27.8. The number of rotatable bonds is 6. The molecule has 0 aliphatic rings. The van der Waals surface area contributed by atoms with E-state index in [9.17, 15) is 18.0 Å². The molecule has 0 bridgehead atoms. The zero-order valence-electron chi connectivity index (χ0n) is 20.2. The van der Waals surface area contributed by atoms with Gasteiger partial charge in [0.25, 0.3) is 5.56 Å². The molecule has 2 heterocycles. The minimum absolute atomic E-state index is 0.347. The Bertz CT molecular complexity index is 1850. The lowest BCUT2D eigenvalue weighted by Gasteiger charge is -2.16. The van der Waals surface area contributed by atoms with Crippen molar-refractivity contribution in [3.63, 3.8) is 0 Å². The number of nitrogens with zero attached hydrogens (tertiary/aromatic N) is 1. The van der Waals surface area contributed by atoms with Crippen LogP contribution >= 0.6 is 0 Å². The zero-order chi connectivity index (χ0) is 26.3. The van der Waals surface area contributed by atoms with Gasteiger partial charge in [0.2, 0.25) is 10.0 Å². The van der Waals surface area contributed by atoms with E-state index in [0.29, 0.717) is 39.8 Å². The van der Waals surface area contributed by atoms with E-state index in [2.05, 4.69) is 9.71 Å². The van der Waals surface area contributed by atoms with E-state index in [4.69, 9.17) is 9.15 Å². The number of hydrogen-bond acceptors (Lipinski definition) is 6. The van der Waals surface area contributed by atoms with Crippen molar-refractivity contribution in [3.8, 4) is 33.9 Å². The van der Waals surface area contributed by atoms with Crippen LogP contribution in [0.25, 0.3) is 38.9 Å². The molecule has 5 rings (SSSR count). The van der Waals surface area contributed by atoms with Gasteiger partial charge in [-0.3, -0.25) is 9.52 Å². The van der Waals surface area contributed by atoms with Crippen LogP contribution in [0.5, 0.6) is 5.75 Å². The number of aromatic nitrogens is 2. The zero-order valence-corrected chi connectivity index (χ0v) is 21.0. The Hall–Kier alpha value is -4.57. The third-order valence-corrected chi connectivity index (χ3v) is 6.46. The molecule has 0 spiro atoms. The Labute approximate surface area is 212 Å². The quantitative estimate of drug-likeness (QED) is 0.346. The van der Waals surface area contributed by atoms with Crippen molar-refractivity contribution in [2.45, 2.75) is 6.92 Å². The highest BCUT2D eigenvalue weighted by Gasteiger charge is 2.19.